The smallest absolute Gasteiger partial charge is 0.387 e. The second-order valence-corrected chi connectivity index (χ2v) is 5.62. The summed E-state index contributed by atoms with van der Waals surface area (Å²) in [5.41, 5.74) is 1.06. The van der Waals surface area contributed by atoms with Crippen LogP contribution >= 0.6 is 24.0 Å². The molecule has 0 radical (unpaired) electrons. The highest BCUT2D eigenvalue weighted by Crippen LogP contribution is 2.32. The van der Waals surface area contributed by atoms with Gasteiger partial charge in [-0.2, -0.15) is 8.78 Å². The number of aromatic hydroxyl groups is 1. The van der Waals surface area contributed by atoms with E-state index in [1.54, 1.807) is 38.2 Å². The van der Waals surface area contributed by atoms with E-state index in [0.29, 0.717) is 23.7 Å². The van der Waals surface area contributed by atoms with Crippen molar-refractivity contribution in [1.82, 2.24) is 10.6 Å². The molecule has 0 spiro atoms. The quantitative estimate of drug-likeness (QED) is 0.276. The van der Waals surface area contributed by atoms with Gasteiger partial charge in [0, 0.05) is 25.7 Å². The van der Waals surface area contributed by atoms with Gasteiger partial charge in [0.15, 0.2) is 29.0 Å². The van der Waals surface area contributed by atoms with Crippen molar-refractivity contribution in [2.45, 2.75) is 26.6 Å². The number of alkyl halides is 2. The number of benzene rings is 2. The lowest BCUT2D eigenvalue weighted by molar-refractivity contribution is -0.0520. The standard InChI is InChI=1S/C19H22F3N3O3.HI/c1-3-27-16-6-4-5-13(17(16)28-18(21)22)11-25-19(23-2)24-10-12-7-8-15(26)14(20)9-12;/h4-9,18,26H,3,10-11H2,1-2H3,(H2,23,24,25);1H. The number of aliphatic imine (C=N–C) groups is 1. The number of rotatable bonds is 8. The Hall–Kier alpha value is -2.37. The van der Waals surface area contributed by atoms with E-state index in [-0.39, 0.29) is 48.6 Å². The Morgan fingerprint density at radius 1 is 1.17 bits per heavy atom. The van der Waals surface area contributed by atoms with Crippen LogP contribution in [0.2, 0.25) is 0 Å². The Balaban J connectivity index is 0.00000420. The Labute approximate surface area is 184 Å². The molecule has 0 saturated carbocycles. The molecule has 0 aliphatic heterocycles. The highest BCUT2D eigenvalue weighted by Gasteiger charge is 2.16. The molecular formula is C19H23F3IN3O3. The maximum Gasteiger partial charge on any atom is 0.387 e. The number of phenolic OH excluding ortho intramolecular Hbond substituents is 1. The number of halogens is 4. The average Bonchev–Trinajstić information content (AvgIpc) is 2.66. The molecule has 0 aliphatic rings. The van der Waals surface area contributed by atoms with Crippen molar-refractivity contribution in [3.8, 4) is 17.2 Å². The van der Waals surface area contributed by atoms with E-state index in [2.05, 4.69) is 20.4 Å². The minimum Gasteiger partial charge on any atom is -0.505 e. The van der Waals surface area contributed by atoms with Crippen molar-refractivity contribution in [2.24, 2.45) is 4.99 Å². The molecule has 0 heterocycles. The van der Waals surface area contributed by atoms with Crippen molar-refractivity contribution in [1.29, 1.82) is 0 Å². The maximum absolute atomic E-state index is 13.4. The molecule has 2 aromatic carbocycles. The molecule has 0 aliphatic carbocycles. The van der Waals surface area contributed by atoms with Gasteiger partial charge in [-0.05, 0) is 30.7 Å². The zero-order chi connectivity index (χ0) is 20.5. The van der Waals surface area contributed by atoms with Gasteiger partial charge in [0.05, 0.1) is 6.61 Å². The summed E-state index contributed by atoms with van der Waals surface area (Å²) in [6, 6.07) is 8.90. The van der Waals surface area contributed by atoms with Crippen LogP contribution in [0.3, 0.4) is 0 Å². The number of guanidine groups is 1. The predicted octanol–water partition coefficient (Wildman–Crippen LogP) is 4.01. The second kappa shape index (κ2) is 12.2. The first-order valence-corrected chi connectivity index (χ1v) is 8.56. The molecule has 0 amide bonds. The topological polar surface area (TPSA) is 75.1 Å². The maximum atomic E-state index is 13.4. The number of ether oxygens (including phenoxy) is 2. The molecule has 3 N–H and O–H groups in total. The summed E-state index contributed by atoms with van der Waals surface area (Å²) in [5.74, 6) is -0.582. The second-order valence-electron chi connectivity index (χ2n) is 5.62. The molecule has 10 heteroatoms. The van der Waals surface area contributed by atoms with Crippen LogP contribution in [0.1, 0.15) is 18.1 Å². The Morgan fingerprint density at radius 3 is 2.52 bits per heavy atom. The zero-order valence-corrected chi connectivity index (χ0v) is 18.2. The molecule has 0 unspecified atom stereocenters. The van der Waals surface area contributed by atoms with Gasteiger partial charge in [0.1, 0.15) is 0 Å². The zero-order valence-electron chi connectivity index (χ0n) is 15.9. The fourth-order valence-corrected chi connectivity index (χ4v) is 2.44. The number of hydrogen-bond donors (Lipinski definition) is 3. The van der Waals surface area contributed by atoms with Crippen LogP contribution in [0, 0.1) is 5.82 Å². The van der Waals surface area contributed by atoms with Crippen LogP contribution in [-0.4, -0.2) is 31.3 Å². The van der Waals surface area contributed by atoms with Gasteiger partial charge in [-0.3, -0.25) is 4.99 Å². The molecule has 6 nitrogen and oxygen atoms in total. The van der Waals surface area contributed by atoms with Crippen molar-refractivity contribution in [3.63, 3.8) is 0 Å². The Morgan fingerprint density at radius 2 is 1.90 bits per heavy atom. The third kappa shape index (κ3) is 7.52. The Bertz CT molecular complexity index is 823. The van der Waals surface area contributed by atoms with Gasteiger partial charge in [0.25, 0.3) is 0 Å². The predicted molar refractivity (Wildman–Crippen MR) is 115 cm³/mol. The van der Waals surface area contributed by atoms with Crippen LogP contribution < -0.4 is 20.1 Å². The fourth-order valence-electron chi connectivity index (χ4n) is 2.44. The third-order valence-corrected chi connectivity index (χ3v) is 3.71. The van der Waals surface area contributed by atoms with Crippen molar-refractivity contribution >= 4 is 29.9 Å². The normalized spacial score (nSPS) is 11.0. The summed E-state index contributed by atoms with van der Waals surface area (Å²) in [6.07, 6.45) is 0. The minimum atomic E-state index is -2.98. The Kier molecular flexibility index (Phi) is 10.4. The molecule has 0 fully saturated rings. The van der Waals surface area contributed by atoms with Crippen molar-refractivity contribution < 1.29 is 27.8 Å². The average molecular weight is 525 g/mol. The van der Waals surface area contributed by atoms with E-state index in [1.807, 2.05) is 0 Å². The number of nitrogens with one attached hydrogen (secondary N) is 2. The van der Waals surface area contributed by atoms with E-state index < -0.39 is 18.2 Å². The monoisotopic (exact) mass is 525 g/mol. The van der Waals surface area contributed by atoms with Gasteiger partial charge >= 0.3 is 6.61 Å². The van der Waals surface area contributed by atoms with Gasteiger partial charge in [-0.1, -0.05) is 18.2 Å². The van der Waals surface area contributed by atoms with Gasteiger partial charge in [-0.25, -0.2) is 4.39 Å². The van der Waals surface area contributed by atoms with E-state index in [1.165, 1.54) is 12.1 Å². The van der Waals surface area contributed by atoms with E-state index in [4.69, 9.17) is 4.74 Å². The largest absolute Gasteiger partial charge is 0.505 e. The molecule has 2 aromatic rings. The lowest BCUT2D eigenvalue weighted by atomic mass is 10.2. The molecular weight excluding hydrogens is 502 g/mol. The summed E-state index contributed by atoms with van der Waals surface area (Å²) in [4.78, 5) is 4.04. The first-order valence-electron chi connectivity index (χ1n) is 8.56. The van der Waals surface area contributed by atoms with E-state index in [0.717, 1.165) is 0 Å². The number of nitrogens with zero attached hydrogens (tertiary/aromatic N) is 1. The number of phenols is 1. The van der Waals surface area contributed by atoms with Gasteiger partial charge in [0.2, 0.25) is 0 Å². The van der Waals surface area contributed by atoms with Crippen LogP contribution in [0.4, 0.5) is 13.2 Å². The molecule has 0 saturated heterocycles. The SMILES string of the molecule is CCOc1cccc(CNC(=NC)NCc2ccc(O)c(F)c2)c1OC(F)F.I. The summed E-state index contributed by atoms with van der Waals surface area (Å²) >= 11 is 0. The van der Waals surface area contributed by atoms with Crippen LogP contribution in [-0.2, 0) is 13.1 Å². The van der Waals surface area contributed by atoms with E-state index >= 15 is 0 Å². The van der Waals surface area contributed by atoms with Gasteiger partial charge in [-0.15, -0.1) is 24.0 Å². The summed E-state index contributed by atoms with van der Waals surface area (Å²) in [7, 11) is 1.54. The highest BCUT2D eigenvalue weighted by atomic mass is 127. The summed E-state index contributed by atoms with van der Waals surface area (Å²) in [6.45, 7) is -0.539. The molecule has 2 rings (SSSR count). The lowest BCUT2D eigenvalue weighted by Gasteiger charge is -2.17. The molecule has 0 aromatic heterocycles. The van der Waals surface area contributed by atoms with Crippen LogP contribution in [0.25, 0.3) is 0 Å². The molecule has 0 atom stereocenters. The van der Waals surface area contributed by atoms with Crippen LogP contribution in [0.15, 0.2) is 41.4 Å². The van der Waals surface area contributed by atoms with Crippen molar-refractivity contribution in [2.75, 3.05) is 13.7 Å². The first kappa shape index (κ1) is 24.7. The molecule has 0 bridgehead atoms. The van der Waals surface area contributed by atoms with Gasteiger partial charge < -0.3 is 25.2 Å². The first-order chi connectivity index (χ1) is 13.4. The van der Waals surface area contributed by atoms with E-state index in [9.17, 15) is 18.3 Å². The summed E-state index contributed by atoms with van der Waals surface area (Å²) in [5, 5.41) is 15.2. The number of para-hydroxylation sites is 1. The fraction of sp³-hybridized carbons (Fsp3) is 0.316. The number of hydrogen-bond acceptors (Lipinski definition) is 4. The lowest BCUT2D eigenvalue weighted by Crippen LogP contribution is -2.36. The minimum absolute atomic E-state index is 0. The molecule has 160 valence electrons. The molecule has 29 heavy (non-hydrogen) atoms. The third-order valence-electron chi connectivity index (χ3n) is 3.71. The van der Waals surface area contributed by atoms with Crippen LogP contribution in [0.5, 0.6) is 17.2 Å². The van der Waals surface area contributed by atoms with Crippen molar-refractivity contribution in [3.05, 3.63) is 53.3 Å². The summed E-state index contributed by atoms with van der Waals surface area (Å²) < 4.78 is 48.9. The highest BCUT2D eigenvalue weighted by molar-refractivity contribution is 14.0.